The third-order valence-corrected chi connectivity index (χ3v) is 4.76. The van der Waals surface area contributed by atoms with E-state index in [9.17, 15) is 9.90 Å². The molecule has 0 radical (unpaired) electrons. The summed E-state index contributed by atoms with van der Waals surface area (Å²) in [4.78, 5) is 13.8. The summed E-state index contributed by atoms with van der Waals surface area (Å²) in [5, 5.41) is 10.3. The number of halogens is 1. The molecule has 1 N–H and O–H groups in total. The number of carboxylic acids is 1. The molecular formula is C17H24ClNO3. The highest BCUT2D eigenvalue weighted by atomic mass is 35.5. The van der Waals surface area contributed by atoms with Gasteiger partial charge in [0.15, 0.2) is 0 Å². The standard InChI is InChI=1S/C17H24ClNO3/c1-5-17(6-2)10-19(15(11(3)4)16(20)21)13-9-12(18)7-8-14(13)22-17/h7-9,11,15H,5-6,10H2,1-4H3,(H,20,21). The molecule has 1 aromatic rings. The summed E-state index contributed by atoms with van der Waals surface area (Å²) in [7, 11) is 0. The first-order valence-corrected chi connectivity index (χ1v) is 8.19. The van der Waals surface area contributed by atoms with Crippen molar-refractivity contribution in [3.8, 4) is 5.75 Å². The number of nitrogens with zero attached hydrogens (tertiary/aromatic N) is 1. The Morgan fingerprint density at radius 2 is 2.05 bits per heavy atom. The van der Waals surface area contributed by atoms with E-state index in [0.717, 1.165) is 18.5 Å². The average Bonchev–Trinajstić information content (AvgIpc) is 2.46. The molecule has 0 saturated carbocycles. The number of hydrogen-bond donors (Lipinski definition) is 1. The summed E-state index contributed by atoms with van der Waals surface area (Å²) in [5.41, 5.74) is 0.412. The van der Waals surface area contributed by atoms with E-state index in [2.05, 4.69) is 13.8 Å². The minimum Gasteiger partial charge on any atom is -0.483 e. The van der Waals surface area contributed by atoms with E-state index in [1.807, 2.05) is 24.8 Å². The van der Waals surface area contributed by atoms with Crippen LogP contribution in [0.1, 0.15) is 40.5 Å². The number of fused-ring (bicyclic) bond motifs is 1. The third kappa shape index (κ3) is 3.02. The fraction of sp³-hybridized carbons (Fsp3) is 0.588. The Morgan fingerprint density at radius 1 is 1.41 bits per heavy atom. The number of anilines is 1. The maximum absolute atomic E-state index is 11.8. The Balaban J connectivity index is 2.55. The first kappa shape index (κ1) is 16.9. The van der Waals surface area contributed by atoms with Gasteiger partial charge in [-0.05, 0) is 37.0 Å². The number of ether oxygens (including phenoxy) is 1. The van der Waals surface area contributed by atoms with E-state index in [0.29, 0.717) is 17.3 Å². The van der Waals surface area contributed by atoms with Gasteiger partial charge in [-0.15, -0.1) is 0 Å². The van der Waals surface area contributed by atoms with Gasteiger partial charge in [-0.2, -0.15) is 0 Å². The van der Waals surface area contributed by atoms with Crippen molar-refractivity contribution in [2.45, 2.75) is 52.2 Å². The number of carboxylic acid groups (broad SMARTS) is 1. The van der Waals surface area contributed by atoms with Gasteiger partial charge in [0.25, 0.3) is 0 Å². The predicted octanol–water partition coefficient (Wildman–Crippen LogP) is 4.21. The van der Waals surface area contributed by atoms with Crippen LogP contribution >= 0.6 is 11.6 Å². The summed E-state index contributed by atoms with van der Waals surface area (Å²) >= 11 is 6.11. The second kappa shape index (κ2) is 6.37. The van der Waals surface area contributed by atoms with Gasteiger partial charge in [-0.25, -0.2) is 4.79 Å². The van der Waals surface area contributed by atoms with Crippen LogP contribution in [0.3, 0.4) is 0 Å². The molecular weight excluding hydrogens is 302 g/mol. The summed E-state index contributed by atoms with van der Waals surface area (Å²) in [6.45, 7) is 8.57. The van der Waals surface area contributed by atoms with E-state index < -0.39 is 12.0 Å². The van der Waals surface area contributed by atoms with E-state index in [1.165, 1.54) is 0 Å². The Bertz CT molecular complexity index is 555. The molecule has 0 fully saturated rings. The molecule has 0 spiro atoms. The van der Waals surface area contributed by atoms with Gasteiger partial charge in [0.2, 0.25) is 0 Å². The number of carbonyl (C=O) groups is 1. The molecule has 2 rings (SSSR count). The van der Waals surface area contributed by atoms with Crippen molar-refractivity contribution in [1.82, 2.24) is 0 Å². The van der Waals surface area contributed by atoms with E-state index in [-0.39, 0.29) is 11.5 Å². The molecule has 1 unspecified atom stereocenters. The van der Waals surface area contributed by atoms with E-state index >= 15 is 0 Å². The van der Waals surface area contributed by atoms with Gasteiger partial charge in [0.1, 0.15) is 17.4 Å². The zero-order valence-electron chi connectivity index (χ0n) is 13.6. The maximum Gasteiger partial charge on any atom is 0.326 e. The molecule has 0 amide bonds. The lowest BCUT2D eigenvalue weighted by Gasteiger charge is -2.47. The van der Waals surface area contributed by atoms with Gasteiger partial charge < -0.3 is 14.7 Å². The van der Waals surface area contributed by atoms with Crippen LogP contribution in [0.15, 0.2) is 18.2 Å². The van der Waals surface area contributed by atoms with Crippen molar-refractivity contribution in [2.75, 3.05) is 11.4 Å². The predicted molar refractivity (Wildman–Crippen MR) is 89.0 cm³/mol. The molecule has 1 aromatic carbocycles. The number of aliphatic carboxylic acids is 1. The van der Waals surface area contributed by atoms with Crippen LogP contribution in [0.25, 0.3) is 0 Å². The molecule has 122 valence electrons. The smallest absolute Gasteiger partial charge is 0.326 e. The van der Waals surface area contributed by atoms with Crippen molar-refractivity contribution in [3.05, 3.63) is 23.2 Å². The highest BCUT2D eigenvalue weighted by molar-refractivity contribution is 6.31. The average molecular weight is 326 g/mol. The molecule has 1 aliphatic heterocycles. The topological polar surface area (TPSA) is 49.8 Å². The lowest BCUT2D eigenvalue weighted by atomic mass is 9.91. The van der Waals surface area contributed by atoms with Crippen molar-refractivity contribution in [2.24, 2.45) is 5.92 Å². The molecule has 0 bridgehead atoms. The quantitative estimate of drug-likeness (QED) is 0.881. The van der Waals surface area contributed by atoms with Crippen LogP contribution in [-0.2, 0) is 4.79 Å². The van der Waals surface area contributed by atoms with Crippen LogP contribution in [0.2, 0.25) is 5.02 Å². The molecule has 0 saturated heterocycles. The molecule has 1 atom stereocenters. The molecule has 1 aliphatic rings. The first-order valence-electron chi connectivity index (χ1n) is 7.81. The summed E-state index contributed by atoms with van der Waals surface area (Å²) in [6.07, 6.45) is 1.65. The van der Waals surface area contributed by atoms with Crippen LogP contribution in [-0.4, -0.2) is 29.3 Å². The third-order valence-electron chi connectivity index (χ3n) is 4.52. The second-order valence-corrected chi connectivity index (χ2v) is 6.70. The van der Waals surface area contributed by atoms with Crippen LogP contribution < -0.4 is 9.64 Å². The van der Waals surface area contributed by atoms with E-state index in [4.69, 9.17) is 16.3 Å². The molecule has 0 aliphatic carbocycles. The van der Waals surface area contributed by atoms with Crippen molar-refractivity contribution in [3.63, 3.8) is 0 Å². The van der Waals surface area contributed by atoms with Gasteiger partial charge >= 0.3 is 5.97 Å². The molecule has 1 heterocycles. The fourth-order valence-corrected chi connectivity index (χ4v) is 3.27. The summed E-state index contributed by atoms with van der Waals surface area (Å²) in [5.74, 6) is -0.121. The number of benzene rings is 1. The second-order valence-electron chi connectivity index (χ2n) is 6.26. The fourth-order valence-electron chi connectivity index (χ4n) is 3.11. The Hall–Kier alpha value is -1.42. The van der Waals surface area contributed by atoms with Gasteiger partial charge in [0, 0.05) is 5.02 Å². The van der Waals surface area contributed by atoms with Crippen molar-refractivity contribution in [1.29, 1.82) is 0 Å². The highest BCUT2D eigenvalue weighted by Gasteiger charge is 2.42. The summed E-state index contributed by atoms with van der Waals surface area (Å²) < 4.78 is 6.22. The van der Waals surface area contributed by atoms with Gasteiger partial charge in [0.05, 0.1) is 12.2 Å². The molecule has 0 aromatic heterocycles. The minimum atomic E-state index is -0.816. The number of rotatable bonds is 5. The van der Waals surface area contributed by atoms with Crippen LogP contribution in [0.4, 0.5) is 5.69 Å². The lowest BCUT2D eigenvalue weighted by Crippen LogP contribution is -2.57. The highest BCUT2D eigenvalue weighted by Crippen LogP contribution is 2.42. The van der Waals surface area contributed by atoms with Crippen LogP contribution in [0.5, 0.6) is 5.75 Å². The first-order chi connectivity index (χ1) is 10.3. The Labute approximate surface area is 137 Å². The van der Waals surface area contributed by atoms with Gasteiger partial charge in [-0.3, -0.25) is 0 Å². The molecule has 5 heteroatoms. The normalized spacial score (nSPS) is 17.8. The molecule has 22 heavy (non-hydrogen) atoms. The zero-order valence-corrected chi connectivity index (χ0v) is 14.4. The number of hydrogen-bond acceptors (Lipinski definition) is 3. The SMILES string of the molecule is CCC1(CC)CN(C(C(=O)O)C(C)C)c2cc(Cl)ccc2O1. The van der Waals surface area contributed by atoms with Crippen molar-refractivity contribution < 1.29 is 14.6 Å². The Morgan fingerprint density at radius 3 is 2.55 bits per heavy atom. The molecule has 4 nitrogen and oxygen atoms in total. The zero-order chi connectivity index (χ0) is 16.5. The minimum absolute atomic E-state index is 0.0196. The maximum atomic E-state index is 11.8. The Kier molecular flexibility index (Phi) is 4.90. The van der Waals surface area contributed by atoms with Crippen molar-refractivity contribution >= 4 is 23.3 Å². The van der Waals surface area contributed by atoms with E-state index in [1.54, 1.807) is 12.1 Å². The van der Waals surface area contributed by atoms with Gasteiger partial charge in [-0.1, -0.05) is 39.3 Å². The largest absolute Gasteiger partial charge is 0.483 e. The van der Waals surface area contributed by atoms with Crippen LogP contribution in [0, 0.1) is 5.92 Å². The monoisotopic (exact) mass is 325 g/mol. The summed E-state index contributed by atoms with van der Waals surface area (Å²) in [6, 6.07) is 4.82. The lowest BCUT2D eigenvalue weighted by molar-refractivity contribution is -0.140.